The minimum Gasteiger partial charge on any atom is -0.388 e. The van der Waals surface area contributed by atoms with Gasteiger partial charge in [0, 0.05) is 25.5 Å². The van der Waals surface area contributed by atoms with E-state index >= 15 is 0 Å². The molecule has 6 heteroatoms. The summed E-state index contributed by atoms with van der Waals surface area (Å²) in [5, 5.41) is 0. The van der Waals surface area contributed by atoms with Gasteiger partial charge in [0.15, 0.2) is 0 Å². The Bertz CT molecular complexity index is 574. The number of hydrogen-bond donors (Lipinski definition) is 1. The second kappa shape index (κ2) is 4.38. The molecule has 3 rings (SSSR count). The zero-order valence-electron chi connectivity index (χ0n) is 9.78. The molecule has 5 nitrogen and oxygen atoms in total. The molecule has 0 saturated carbocycles. The summed E-state index contributed by atoms with van der Waals surface area (Å²) in [7, 11) is 0. The van der Waals surface area contributed by atoms with Gasteiger partial charge < -0.3 is 15.2 Å². The first-order chi connectivity index (χ1) is 8.74. The van der Waals surface area contributed by atoms with Crippen LogP contribution in [0.1, 0.15) is 11.5 Å². The molecule has 1 aliphatic heterocycles. The lowest BCUT2D eigenvalue weighted by Gasteiger charge is -2.29. The molecular formula is C12H13N5S. The van der Waals surface area contributed by atoms with E-state index in [2.05, 4.69) is 19.4 Å². The van der Waals surface area contributed by atoms with Gasteiger partial charge in [0.25, 0.3) is 0 Å². The molecule has 0 saturated heterocycles. The predicted octanol–water partition coefficient (Wildman–Crippen LogP) is 0.933. The molecule has 92 valence electrons. The van der Waals surface area contributed by atoms with Crippen molar-refractivity contribution >= 4 is 22.9 Å². The summed E-state index contributed by atoms with van der Waals surface area (Å²) in [6.07, 6.45) is 5.67. The third-order valence-corrected chi connectivity index (χ3v) is 3.32. The summed E-state index contributed by atoms with van der Waals surface area (Å²) in [6.45, 7) is 2.71. The number of nitrogens with two attached hydrogens (primary N) is 1. The normalized spacial score (nSPS) is 14.3. The van der Waals surface area contributed by atoms with Crippen molar-refractivity contribution in [1.82, 2.24) is 14.5 Å². The molecule has 3 heterocycles. The molecule has 0 bridgehead atoms. The lowest BCUT2D eigenvalue weighted by molar-refractivity contribution is 0.559. The largest absolute Gasteiger partial charge is 0.388 e. The lowest BCUT2D eigenvalue weighted by atomic mass is 10.2. The number of aromatic nitrogens is 3. The van der Waals surface area contributed by atoms with Gasteiger partial charge in [0.2, 0.25) is 0 Å². The number of thiocarbonyl (C=S) groups is 1. The highest BCUT2D eigenvalue weighted by Crippen LogP contribution is 2.19. The number of pyridine rings is 1. The molecule has 1 aliphatic rings. The van der Waals surface area contributed by atoms with Crippen molar-refractivity contribution in [2.24, 2.45) is 5.73 Å². The highest BCUT2D eigenvalue weighted by Gasteiger charge is 2.17. The van der Waals surface area contributed by atoms with E-state index in [1.807, 2.05) is 30.7 Å². The van der Waals surface area contributed by atoms with Crippen LogP contribution >= 0.6 is 12.2 Å². The summed E-state index contributed by atoms with van der Waals surface area (Å²) in [5.74, 6) is 1.08. The molecule has 2 N–H and O–H groups in total. The minimum atomic E-state index is 0.329. The summed E-state index contributed by atoms with van der Waals surface area (Å²) in [6, 6.07) is 3.86. The van der Waals surface area contributed by atoms with Crippen molar-refractivity contribution in [1.29, 1.82) is 0 Å². The fourth-order valence-corrected chi connectivity index (χ4v) is 2.23. The van der Waals surface area contributed by atoms with Crippen LogP contribution in [0.25, 0.3) is 0 Å². The highest BCUT2D eigenvalue weighted by molar-refractivity contribution is 7.80. The van der Waals surface area contributed by atoms with Crippen LogP contribution < -0.4 is 10.6 Å². The lowest BCUT2D eigenvalue weighted by Crippen LogP contribution is -2.33. The number of imidazole rings is 1. The van der Waals surface area contributed by atoms with E-state index in [0.717, 1.165) is 31.1 Å². The van der Waals surface area contributed by atoms with Crippen LogP contribution in [-0.4, -0.2) is 26.1 Å². The Morgan fingerprint density at radius 1 is 1.28 bits per heavy atom. The number of rotatable bonds is 2. The molecule has 0 fully saturated rings. The Morgan fingerprint density at radius 2 is 2.17 bits per heavy atom. The maximum Gasteiger partial charge on any atom is 0.128 e. The summed E-state index contributed by atoms with van der Waals surface area (Å²) < 4.78 is 2.17. The molecule has 0 aromatic carbocycles. The quantitative estimate of drug-likeness (QED) is 0.813. The second-order valence-corrected chi connectivity index (χ2v) is 4.66. The van der Waals surface area contributed by atoms with Crippen LogP contribution in [0.3, 0.4) is 0 Å². The van der Waals surface area contributed by atoms with Gasteiger partial charge in [-0.05, 0) is 12.1 Å². The van der Waals surface area contributed by atoms with Crippen LogP contribution in [0.4, 0.5) is 5.69 Å². The molecule has 2 aromatic rings. The Hall–Kier alpha value is -1.95. The maximum atomic E-state index is 5.53. The maximum absolute atomic E-state index is 5.53. The van der Waals surface area contributed by atoms with Gasteiger partial charge in [0.05, 0.1) is 24.1 Å². The zero-order chi connectivity index (χ0) is 12.5. The van der Waals surface area contributed by atoms with Gasteiger partial charge >= 0.3 is 0 Å². The van der Waals surface area contributed by atoms with Gasteiger partial charge in [-0.1, -0.05) is 12.2 Å². The average Bonchev–Trinajstić information content (AvgIpc) is 2.86. The first-order valence-electron chi connectivity index (χ1n) is 5.75. The molecular weight excluding hydrogens is 246 g/mol. The standard InChI is InChI=1S/C12H13N5S/c13-12(18)10-2-1-9(7-15-10)17-6-5-16-4-3-14-11(16)8-17/h1-4,7H,5-6,8H2,(H2,13,18). The van der Waals surface area contributed by atoms with Crippen LogP contribution in [0.15, 0.2) is 30.7 Å². The van der Waals surface area contributed by atoms with E-state index in [1.54, 1.807) is 0 Å². The molecule has 0 atom stereocenters. The number of fused-ring (bicyclic) bond motifs is 1. The fourth-order valence-electron chi connectivity index (χ4n) is 2.11. The SMILES string of the molecule is NC(=S)c1ccc(N2CCn3ccnc3C2)cn1. The Morgan fingerprint density at radius 3 is 2.89 bits per heavy atom. The average molecular weight is 259 g/mol. The Balaban J connectivity index is 1.82. The van der Waals surface area contributed by atoms with Gasteiger partial charge in [-0.3, -0.25) is 4.98 Å². The van der Waals surface area contributed by atoms with Crippen LogP contribution in [0.5, 0.6) is 0 Å². The monoisotopic (exact) mass is 259 g/mol. The Labute approximate surface area is 110 Å². The van der Waals surface area contributed by atoms with Crippen molar-refractivity contribution in [2.75, 3.05) is 11.4 Å². The van der Waals surface area contributed by atoms with E-state index < -0.39 is 0 Å². The fraction of sp³-hybridized carbons (Fsp3) is 0.250. The van der Waals surface area contributed by atoms with Crippen molar-refractivity contribution in [3.8, 4) is 0 Å². The Kier molecular flexibility index (Phi) is 2.71. The van der Waals surface area contributed by atoms with E-state index in [4.69, 9.17) is 18.0 Å². The van der Waals surface area contributed by atoms with Crippen molar-refractivity contribution < 1.29 is 0 Å². The third-order valence-electron chi connectivity index (χ3n) is 3.11. The van der Waals surface area contributed by atoms with E-state index in [9.17, 15) is 0 Å². The molecule has 2 aromatic heterocycles. The molecule has 0 amide bonds. The summed E-state index contributed by atoms with van der Waals surface area (Å²) in [4.78, 5) is 11.2. The van der Waals surface area contributed by atoms with Crippen LogP contribution in [-0.2, 0) is 13.1 Å². The van der Waals surface area contributed by atoms with Gasteiger partial charge in [-0.2, -0.15) is 0 Å². The number of hydrogen-bond acceptors (Lipinski definition) is 4. The van der Waals surface area contributed by atoms with Crippen LogP contribution in [0, 0.1) is 0 Å². The highest BCUT2D eigenvalue weighted by atomic mass is 32.1. The predicted molar refractivity (Wildman–Crippen MR) is 73.4 cm³/mol. The smallest absolute Gasteiger partial charge is 0.128 e. The first-order valence-corrected chi connectivity index (χ1v) is 6.16. The second-order valence-electron chi connectivity index (χ2n) is 4.22. The molecule has 0 unspecified atom stereocenters. The van der Waals surface area contributed by atoms with E-state index in [1.165, 1.54) is 0 Å². The van der Waals surface area contributed by atoms with Crippen molar-refractivity contribution in [2.45, 2.75) is 13.1 Å². The van der Waals surface area contributed by atoms with Gasteiger partial charge in [0.1, 0.15) is 10.8 Å². The van der Waals surface area contributed by atoms with E-state index in [-0.39, 0.29) is 0 Å². The zero-order valence-corrected chi connectivity index (χ0v) is 10.6. The van der Waals surface area contributed by atoms with Crippen molar-refractivity contribution in [3.63, 3.8) is 0 Å². The summed E-state index contributed by atoms with van der Waals surface area (Å²) >= 11 is 4.89. The van der Waals surface area contributed by atoms with E-state index in [0.29, 0.717) is 10.7 Å². The molecule has 0 aliphatic carbocycles. The third kappa shape index (κ3) is 1.95. The summed E-state index contributed by atoms with van der Waals surface area (Å²) in [5.41, 5.74) is 7.27. The minimum absolute atomic E-state index is 0.329. The van der Waals surface area contributed by atoms with Crippen LogP contribution in [0.2, 0.25) is 0 Å². The van der Waals surface area contributed by atoms with Gasteiger partial charge in [-0.15, -0.1) is 0 Å². The number of nitrogens with zero attached hydrogens (tertiary/aromatic N) is 4. The molecule has 18 heavy (non-hydrogen) atoms. The number of anilines is 1. The molecule has 0 spiro atoms. The first kappa shape index (κ1) is 11.2. The molecule has 0 radical (unpaired) electrons. The topological polar surface area (TPSA) is 60.0 Å². The van der Waals surface area contributed by atoms with Gasteiger partial charge in [-0.25, -0.2) is 4.98 Å². The van der Waals surface area contributed by atoms with Crippen molar-refractivity contribution in [3.05, 3.63) is 42.2 Å².